The van der Waals surface area contributed by atoms with E-state index < -0.39 is 11.6 Å². The second kappa shape index (κ2) is 6.06. The van der Waals surface area contributed by atoms with Crippen molar-refractivity contribution < 1.29 is 13.9 Å². The topological polar surface area (TPSA) is 26.3 Å². The molecule has 0 unspecified atom stereocenters. The fraction of sp³-hybridized carbons (Fsp3) is 0.188. The van der Waals surface area contributed by atoms with Gasteiger partial charge in [-0.25, -0.2) is 4.39 Å². The Morgan fingerprint density at radius 2 is 1.95 bits per heavy atom. The van der Waals surface area contributed by atoms with E-state index in [0.29, 0.717) is 17.9 Å². The van der Waals surface area contributed by atoms with Crippen molar-refractivity contribution in [1.82, 2.24) is 0 Å². The Bertz CT molecular complexity index is 653. The van der Waals surface area contributed by atoms with Gasteiger partial charge in [0.05, 0.1) is 17.7 Å². The summed E-state index contributed by atoms with van der Waals surface area (Å²) in [6.07, 6.45) is 0. The standard InChI is InChI=1S/C16H14ClFO2/c1-3-20-15-7-4-10(2)8-13(15)16(19)12-6-5-11(17)9-14(12)18/h4-9H,3H2,1-2H3. The highest BCUT2D eigenvalue weighted by Crippen LogP contribution is 2.25. The first-order valence-corrected chi connectivity index (χ1v) is 6.64. The minimum Gasteiger partial charge on any atom is -0.493 e. The normalized spacial score (nSPS) is 10.4. The number of hydrogen-bond donors (Lipinski definition) is 0. The lowest BCUT2D eigenvalue weighted by molar-refractivity contribution is 0.103. The average molecular weight is 293 g/mol. The minimum absolute atomic E-state index is 0.0130. The van der Waals surface area contributed by atoms with Crippen molar-refractivity contribution in [2.24, 2.45) is 0 Å². The van der Waals surface area contributed by atoms with E-state index in [0.717, 1.165) is 11.6 Å². The van der Waals surface area contributed by atoms with Crippen LogP contribution in [0.15, 0.2) is 36.4 Å². The van der Waals surface area contributed by atoms with E-state index >= 15 is 0 Å². The van der Waals surface area contributed by atoms with Crippen molar-refractivity contribution in [3.8, 4) is 5.75 Å². The number of carbonyl (C=O) groups excluding carboxylic acids is 1. The second-order valence-corrected chi connectivity index (χ2v) is 4.82. The first kappa shape index (κ1) is 14.5. The van der Waals surface area contributed by atoms with Gasteiger partial charge in [-0.1, -0.05) is 23.2 Å². The summed E-state index contributed by atoms with van der Waals surface area (Å²) < 4.78 is 19.3. The summed E-state index contributed by atoms with van der Waals surface area (Å²) in [5.74, 6) is -0.588. The molecule has 0 saturated carbocycles. The van der Waals surface area contributed by atoms with Gasteiger partial charge < -0.3 is 4.74 Å². The molecule has 0 radical (unpaired) electrons. The van der Waals surface area contributed by atoms with Gasteiger partial charge in [0.2, 0.25) is 0 Å². The quantitative estimate of drug-likeness (QED) is 0.780. The number of aryl methyl sites for hydroxylation is 1. The molecule has 0 bridgehead atoms. The number of hydrogen-bond acceptors (Lipinski definition) is 2. The third-order valence-corrected chi connectivity index (χ3v) is 3.09. The Labute approximate surface area is 122 Å². The van der Waals surface area contributed by atoms with Gasteiger partial charge in [-0.15, -0.1) is 0 Å². The highest BCUT2D eigenvalue weighted by Gasteiger charge is 2.18. The largest absolute Gasteiger partial charge is 0.493 e. The van der Waals surface area contributed by atoms with Crippen LogP contribution in [0.3, 0.4) is 0 Å². The fourth-order valence-corrected chi connectivity index (χ4v) is 2.08. The highest BCUT2D eigenvalue weighted by molar-refractivity contribution is 6.30. The smallest absolute Gasteiger partial charge is 0.199 e. The molecule has 0 aliphatic rings. The Morgan fingerprint density at radius 1 is 1.20 bits per heavy atom. The molecule has 0 spiro atoms. The summed E-state index contributed by atoms with van der Waals surface area (Å²) in [4.78, 5) is 12.5. The van der Waals surface area contributed by atoms with Crippen LogP contribution in [-0.4, -0.2) is 12.4 Å². The molecule has 0 aromatic heterocycles. The monoisotopic (exact) mass is 292 g/mol. The molecular formula is C16H14ClFO2. The van der Waals surface area contributed by atoms with Crippen molar-refractivity contribution in [2.45, 2.75) is 13.8 Å². The van der Waals surface area contributed by atoms with Gasteiger partial charge in [0.1, 0.15) is 11.6 Å². The Balaban J connectivity index is 2.49. The van der Waals surface area contributed by atoms with Crippen LogP contribution in [0, 0.1) is 12.7 Å². The molecule has 0 fully saturated rings. The van der Waals surface area contributed by atoms with Gasteiger partial charge in [0.25, 0.3) is 0 Å². The van der Waals surface area contributed by atoms with Gasteiger partial charge >= 0.3 is 0 Å². The maximum absolute atomic E-state index is 13.9. The lowest BCUT2D eigenvalue weighted by Crippen LogP contribution is -2.08. The third kappa shape index (κ3) is 2.99. The van der Waals surface area contributed by atoms with E-state index in [9.17, 15) is 9.18 Å². The predicted octanol–water partition coefficient (Wildman–Crippen LogP) is 4.42. The van der Waals surface area contributed by atoms with Crippen molar-refractivity contribution in [1.29, 1.82) is 0 Å². The van der Waals surface area contributed by atoms with Crippen LogP contribution < -0.4 is 4.74 Å². The third-order valence-electron chi connectivity index (χ3n) is 2.86. The zero-order valence-corrected chi connectivity index (χ0v) is 12.0. The summed E-state index contributed by atoms with van der Waals surface area (Å²) in [6, 6.07) is 9.28. The summed E-state index contributed by atoms with van der Waals surface area (Å²) in [5.41, 5.74) is 1.25. The maximum atomic E-state index is 13.9. The first-order valence-electron chi connectivity index (χ1n) is 6.26. The Kier molecular flexibility index (Phi) is 4.40. The number of ether oxygens (including phenoxy) is 1. The average Bonchev–Trinajstić information content (AvgIpc) is 2.40. The van der Waals surface area contributed by atoms with E-state index in [-0.39, 0.29) is 10.6 Å². The van der Waals surface area contributed by atoms with Gasteiger partial charge in [0.15, 0.2) is 5.78 Å². The molecule has 2 rings (SSSR count). The summed E-state index contributed by atoms with van der Waals surface area (Å²) in [7, 11) is 0. The molecule has 2 aromatic carbocycles. The van der Waals surface area contributed by atoms with Crippen molar-refractivity contribution in [3.05, 3.63) is 63.9 Å². The van der Waals surface area contributed by atoms with E-state index in [1.807, 2.05) is 19.9 Å². The molecule has 0 saturated heterocycles. The van der Waals surface area contributed by atoms with Crippen molar-refractivity contribution in [2.75, 3.05) is 6.61 Å². The number of halogens is 2. The van der Waals surface area contributed by atoms with Crippen molar-refractivity contribution >= 4 is 17.4 Å². The molecule has 0 heterocycles. The Morgan fingerprint density at radius 3 is 2.60 bits per heavy atom. The molecule has 104 valence electrons. The number of carbonyl (C=O) groups is 1. The molecule has 0 amide bonds. The minimum atomic E-state index is -0.633. The van der Waals surface area contributed by atoms with E-state index in [1.165, 1.54) is 12.1 Å². The van der Waals surface area contributed by atoms with Gasteiger partial charge in [-0.3, -0.25) is 4.79 Å². The molecule has 2 aromatic rings. The highest BCUT2D eigenvalue weighted by atomic mass is 35.5. The molecule has 2 nitrogen and oxygen atoms in total. The van der Waals surface area contributed by atoms with Gasteiger partial charge in [-0.05, 0) is 44.2 Å². The first-order chi connectivity index (χ1) is 9.52. The molecule has 0 aliphatic carbocycles. The van der Waals surface area contributed by atoms with E-state index in [4.69, 9.17) is 16.3 Å². The zero-order valence-electron chi connectivity index (χ0n) is 11.2. The van der Waals surface area contributed by atoms with E-state index in [1.54, 1.807) is 12.1 Å². The molecule has 20 heavy (non-hydrogen) atoms. The van der Waals surface area contributed by atoms with Crippen LogP contribution in [0.2, 0.25) is 5.02 Å². The van der Waals surface area contributed by atoms with Crippen LogP contribution >= 0.6 is 11.6 Å². The summed E-state index contributed by atoms with van der Waals surface area (Å²) in [6.45, 7) is 4.13. The predicted molar refractivity (Wildman–Crippen MR) is 77.2 cm³/mol. The number of benzene rings is 2. The van der Waals surface area contributed by atoms with Crippen LogP contribution in [0.5, 0.6) is 5.75 Å². The maximum Gasteiger partial charge on any atom is 0.199 e. The SMILES string of the molecule is CCOc1ccc(C)cc1C(=O)c1ccc(Cl)cc1F. The molecular weight excluding hydrogens is 279 g/mol. The molecule has 0 atom stereocenters. The van der Waals surface area contributed by atoms with Crippen LogP contribution in [-0.2, 0) is 0 Å². The fourth-order valence-electron chi connectivity index (χ4n) is 1.92. The molecule has 4 heteroatoms. The van der Waals surface area contributed by atoms with Gasteiger partial charge in [-0.2, -0.15) is 0 Å². The lowest BCUT2D eigenvalue weighted by atomic mass is 10.00. The Hall–Kier alpha value is -1.87. The molecule has 0 N–H and O–H groups in total. The number of rotatable bonds is 4. The van der Waals surface area contributed by atoms with E-state index in [2.05, 4.69) is 0 Å². The summed E-state index contributed by atoms with van der Waals surface area (Å²) >= 11 is 5.70. The van der Waals surface area contributed by atoms with Crippen LogP contribution in [0.25, 0.3) is 0 Å². The van der Waals surface area contributed by atoms with Crippen molar-refractivity contribution in [3.63, 3.8) is 0 Å². The summed E-state index contributed by atoms with van der Waals surface area (Å²) in [5, 5.41) is 0.258. The zero-order chi connectivity index (χ0) is 14.7. The second-order valence-electron chi connectivity index (χ2n) is 4.39. The lowest BCUT2D eigenvalue weighted by Gasteiger charge is -2.11. The number of ketones is 1. The van der Waals surface area contributed by atoms with Gasteiger partial charge in [0, 0.05) is 5.02 Å². The molecule has 0 aliphatic heterocycles. The van der Waals surface area contributed by atoms with Crippen LogP contribution in [0.1, 0.15) is 28.4 Å². The van der Waals surface area contributed by atoms with Crippen LogP contribution in [0.4, 0.5) is 4.39 Å².